The van der Waals surface area contributed by atoms with Crippen LogP contribution >= 0.6 is 43.5 Å². The molecule has 4 nitrogen and oxygen atoms in total. The van der Waals surface area contributed by atoms with Crippen LogP contribution in [-0.2, 0) is 10.0 Å². The molecule has 0 aliphatic carbocycles. The van der Waals surface area contributed by atoms with Crippen molar-refractivity contribution in [2.24, 2.45) is 0 Å². The van der Waals surface area contributed by atoms with Gasteiger partial charge in [0.15, 0.2) is 0 Å². The van der Waals surface area contributed by atoms with Crippen molar-refractivity contribution in [3.63, 3.8) is 0 Å². The van der Waals surface area contributed by atoms with Crippen molar-refractivity contribution in [3.8, 4) is 0 Å². The summed E-state index contributed by atoms with van der Waals surface area (Å²) < 4.78 is 28.6. The molecule has 3 N–H and O–H groups in total. The molecule has 0 heterocycles. The van der Waals surface area contributed by atoms with Crippen molar-refractivity contribution >= 4 is 64.9 Å². The Hall–Kier alpha value is -0.760. The van der Waals surface area contributed by atoms with Gasteiger partial charge in [-0.05, 0) is 52.7 Å². The van der Waals surface area contributed by atoms with Gasteiger partial charge in [0.25, 0.3) is 10.0 Å². The summed E-state index contributed by atoms with van der Waals surface area (Å²) in [6, 6.07) is 8.22. The molecule has 21 heavy (non-hydrogen) atoms. The lowest BCUT2D eigenvalue weighted by Gasteiger charge is -2.13. The van der Waals surface area contributed by atoms with Crippen LogP contribution in [0.25, 0.3) is 0 Å². The Bertz CT molecular complexity index is 787. The van der Waals surface area contributed by atoms with E-state index in [4.69, 9.17) is 17.3 Å². The normalized spacial score (nSPS) is 11.4. The topological polar surface area (TPSA) is 72.2 Å². The molecular weight excluding hydrogens is 443 g/mol. The number of nitrogen functional groups attached to an aromatic ring is 1. The third kappa shape index (κ3) is 3.71. The van der Waals surface area contributed by atoms with Crippen molar-refractivity contribution in [3.05, 3.63) is 49.9 Å². The maximum absolute atomic E-state index is 12.5. The lowest BCUT2D eigenvalue weighted by Crippen LogP contribution is -2.16. The monoisotopic (exact) mass is 452 g/mol. The maximum Gasteiger partial charge on any atom is 0.265 e. The Labute approximate surface area is 145 Å². The number of nitrogens with one attached hydrogen (secondary N) is 1. The fourth-order valence-electron chi connectivity index (χ4n) is 1.78. The minimum atomic E-state index is -3.86. The molecule has 2 rings (SSSR count). The van der Waals surface area contributed by atoms with Gasteiger partial charge in [0.1, 0.15) is 4.90 Å². The van der Waals surface area contributed by atoms with Gasteiger partial charge in [0.2, 0.25) is 0 Å². The van der Waals surface area contributed by atoms with E-state index in [1.165, 1.54) is 6.07 Å². The molecule has 8 heteroatoms. The molecule has 112 valence electrons. The van der Waals surface area contributed by atoms with E-state index in [0.29, 0.717) is 19.7 Å². The minimum absolute atomic E-state index is 0.0247. The zero-order valence-electron chi connectivity index (χ0n) is 10.8. The molecule has 0 saturated heterocycles. The van der Waals surface area contributed by atoms with E-state index < -0.39 is 10.0 Å². The summed E-state index contributed by atoms with van der Waals surface area (Å²) in [5, 5.41) is 0.316. The number of sulfonamides is 1. The first-order valence-corrected chi connectivity index (χ1v) is 9.19. The molecule has 0 saturated carbocycles. The number of nitrogens with two attached hydrogens (primary N) is 1. The van der Waals surface area contributed by atoms with E-state index in [0.717, 1.165) is 5.56 Å². The van der Waals surface area contributed by atoms with Gasteiger partial charge < -0.3 is 5.73 Å². The zero-order chi connectivity index (χ0) is 15.8. The first-order chi connectivity index (χ1) is 9.70. The molecule has 2 aromatic carbocycles. The molecule has 0 fully saturated rings. The van der Waals surface area contributed by atoms with Crippen LogP contribution in [0.2, 0.25) is 5.02 Å². The van der Waals surface area contributed by atoms with Gasteiger partial charge in [-0.25, -0.2) is 8.42 Å². The molecule has 0 aromatic heterocycles. The van der Waals surface area contributed by atoms with Gasteiger partial charge in [0.05, 0.1) is 16.4 Å². The van der Waals surface area contributed by atoms with Crippen molar-refractivity contribution in [1.29, 1.82) is 0 Å². The second-order valence-electron chi connectivity index (χ2n) is 4.39. The Morgan fingerprint density at radius 2 is 1.86 bits per heavy atom. The molecule has 0 spiro atoms. The van der Waals surface area contributed by atoms with Gasteiger partial charge in [-0.1, -0.05) is 33.6 Å². The average molecular weight is 455 g/mol. The second kappa shape index (κ2) is 6.16. The summed E-state index contributed by atoms with van der Waals surface area (Å²) in [6.07, 6.45) is 0. The number of hydrogen-bond acceptors (Lipinski definition) is 3. The molecule has 0 unspecified atom stereocenters. The highest BCUT2D eigenvalue weighted by molar-refractivity contribution is 9.11. The first-order valence-electron chi connectivity index (χ1n) is 5.74. The van der Waals surface area contributed by atoms with Gasteiger partial charge in [0, 0.05) is 8.95 Å². The van der Waals surface area contributed by atoms with Crippen LogP contribution in [0, 0.1) is 6.92 Å². The molecule has 0 aliphatic heterocycles. The SMILES string of the molecule is Cc1ccc(Cl)c(NS(=O)(=O)c2c(N)cc(Br)cc2Br)c1. The highest BCUT2D eigenvalue weighted by Gasteiger charge is 2.22. The number of hydrogen-bond donors (Lipinski definition) is 2. The number of rotatable bonds is 3. The van der Waals surface area contributed by atoms with Gasteiger partial charge in [-0.15, -0.1) is 0 Å². The van der Waals surface area contributed by atoms with Crippen molar-refractivity contribution < 1.29 is 8.42 Å². The third-order valence-corrected chi connectivity index (χ3v) is 5.83. The number of aryl methyl sites for hydroxylation is 1. The lowest BCUT2D eigenvalue weighted by atomic mass is 10.2. The van der Waals surface area contributed by atoms with E-state index in [-0.39, 0.29) is 10.6 Å². The highest BCUT2D eigenvalue weighted by atomic mass is 79.9. The van der Waals surface area contributed by atoms with Gasteiger partial charge in [-0.3, -0.25) is 4.72 Å². The van der Waals surface area contributed by atoms with Crippen LogP contribution in [0.3, 0.4) is 0 Å². The molecule has 0 atom stereocenters. The Morgan fingerprint density at radius 1 is 1.19 bits per heavy atom. The number of halogens is 3. The molecular formula is C13H11Br2ClN2O2S. The maximum atomic E-state index is 12.5. The van der Waals surface area contributed by atoms with E-state index >= 15 is 0 Å². The fraction of sp³-hybridized carbons (Fsp3) is 0.0769. The predicted molar refractivity (Wildman–Crippen MR) is 93.3 cm³/mol. The van der Waals surface area contributed by atoms with E-state index in [1.54, 1.807) is 24.3 Å². The fourth-order valence-corrected chi connectivity index (χ4v) is 5.14. The van der Waals surface area contributed by atoms with Crippen LogP contribution in [-0.4, -0.2) is 8.42 Å². The van der Waals surface area contributed by atoms with E-state index in [9.17, 15) is 8.42 Å². The molecule has 0 aliphatic rings. The summed E-state index contributed by atoms with van der Waals surface area (Å²) >= 11 is 12.5. The van der Waals surface area contributed by atoms with Crippen molar-refractivity contribution in [2.45, 2.75) is 11.8 Å². The summed E-state index contributed by atoms with van der Waals surface area (Å²) in [5.74, 6) is 0. The summed E-state index contributed by atoms with van der Waals surface area (Å²) in [6.45, 7) is 1.85. The molecule has 0 bridgehead atoms. The standard InChI is InChI=1S/C13H11Br2ClN2O2S/c1-7-2-3-10(16)12(4-7)18-21(19,20)13-9(15)5-8(14)6-11(13)17/h2-6,18H,17H2,1H3. The lowest BCUT2D eigenvalue weighted by molar-refractivity contribution is 0.601. The van der Waals surface area contributed by atoms with Gasteiger partial charge in [-0.2, -0.15) is 0 Å². The molecule has 0 amide bonds. The second-order valence-corrected chi connectivity index (χ2v) is 8.19. The molecule has 0 radical (unpaired) electrons. The summed E-state index contributed by atoms with van der Waals surface area (Å²) in [5.41, 5.74) is 7.15. The Morgan fingerprint density at radius 3 is 2.48 bits per heavy atom. The van der Waals surface area contributed by atoms with Crippen LogP contribution in [0.4, 0.5) is 11.4 Å². The van der Waals surface area contributed by atoms with E-state index in [1.807, 2.05) is 6.92 Å². The highest BCUT2D eigenvalue weighted by Crippen LogP contribution is 2.34. The van der Waals surface area contributed by atoms with Crippen molar-refractivity contribution in [2.75, 3.05) is 10.5 Å². The minimum Gasteiger partial charge on any atom is -0.398 e. The Balaban J connectivity index is 2.51. The molecule has 2 aromatic rings. The predicted octanol–water partition coefficient (Wildman–Crippen LogP) is 4.56. The van der Waals surface area contributed by atoms with Crippen LogP contribution in [0.5, 0.6) is 0 Å². The van der Waals surface area contributed by atoms with E-state index in [2.05, 4.69) is 36.6 Å². The Kier molecular flexibility index (Phi) is 4.87. The van der Waals surface area contributed by atoms with Crippen molar-refractivity contribution in [1.82, 2.24) is 0 Å². The average Bonchev–Trinajstić information content (AvgIpc) is 2.31. The third-order valence-electron chi connectivity index (χ3n) is 2.67. The van der Waals surface area contributed by atoms with Gasteiger partial charge >= 0.3 is 0 Å². The van der Waals surface area contributed by atoms with Crippen LogP contribution < -0.4 is 10.5 Å². The summed E-state index contributed by atoms with van der Waals surface area (Å²) in [4.78, 5) is -0.0247. The van der Waals surface area contributed by atoms with Crippen LogP contribution in [0.15, 0.2) is 44.2 Å². The number of anilines is 2. The smallest absolute Gasteiger partial charge is 0.265 e. The zero-order valence-corrected chi connectivity index (χ0v) is 15.6. The largest absolute Gasteiger partial charge is 0.398 e. The number of benzene rings is 2. The summed E-state index contributed by atoms with van der Waals surface area (Å²) in [7, 11) is -3.86. The quantitative estimate of drug-likeness (QED) is 0.668. The first kappa shape index (κ1) is 16.6. The van der Waals surface area contributed by atoms with Crippen LogP contribution in [0.1, 0.15) is 5.56 Å².